The fraction of sp³-hybridized carbons (Fsp3) is 0.357. The first-order chi connectivity index (χ1) is 8.79. The number of hydrogen-bond acceptors (Lipinski definition) is 3. The van der Waals surface area contributed by atoms with Crippen LogP contribution in [0.2, 0.25) is 0 Å². The van der Waals surface area contributed by atoms with Crippen molar-refractivity contribution in [2.75, 3.05) is 13.2 Å². The third-order valence-corrected chi connectivity index (χ3v) is 2.98. The van der Waals surface area contributed by atoms with Crippen LogP contribution in [-0.2, 0) is 20.1 Å². The van der Waals surface area contributed by atoms with Crippen molar-refractivity contribution in [2.45, 2.75) is 13.1 Å². The molecule has 0 bridgehead atoms. The monoisotopic (exact) mass is 245 g/mol. The minimum Gasteiger partial charge on any atom is -0.395 e. The zero-order valence-corrected chi connectivity index (χ0v) is 10.7. The van der Waals surface area contributed by atoms with Gasteiger partial charge in [-0.1, -0.05) is 6.07 Å². The summed E-state index contributed by atoms with van der Waals surface area (Å²) in [5.41, 5.74) is 2.41. The lowest BCUT2D eigenvalue weighted by molar-refractivity contribution is 0.181. The molecule has 0 radical (unpaired) electrons. The summed E-state index contributed by atoms with van der Waals surface area (Å²) in [5, 5.41) is 9.15. The lowest BCUT2D eigenvalue weighted by Gasteiger charge is -2.21. The Labute approximate surface area is 108 Å². The van der Waals surface area contributed by atoms with Gasteiger partial charge in [-0.05, 0) is 23.8 Å². The fourth-order valence-corrected chi connectivity index (χ4v) is 2.00. The van der Waals surface area contributed by atoms with Crippen LogP contribution in [0.5, 0.6) is 0 Å². The number of aliphatic hydroxyl groups is 1. The van der Waals surface area contributed by atoms with Gasteiger partial charge in [-0.25, -0.2) is 0 Å². The maximum atomic E-state index is 9.15. The van der Waals surface area contributed by atoms with Gasteiger partial charge in [0.1, 0.15) is 0 Å². The number of rotatable bonds is 6. The Balaban J connectivity index is 2.02. The molecule has 4 nitrogen and oxygen atoms in total. The van der Waals surface area contributed by atoms with Crippen molar-refractivity contribution in [3.8, 4) is 0 Å². The Kier molecular flexibility index (Phi) is 4.50. The summed E-state index contributed by atoms with van der Waals surface area (Å²) in [6.07, 6.45) is 5.68. The molecule has 0 spiro atoms. The molecule has 0 aromatic carbocycles. The van der Waals surface area contributed by atoms with Gasteiger partial charge in [-0.15, -0.1) is 0 Å². The number of nitrogens with zero attached hydrogens (tertiary/aromatic N) is 3. The van der Waals surface area contributed by atoms with Crippen LogP contribution in [-0.4, -0.2) is 32.7 Å². The first-order valence-corrected chi connectivity index (χ1v) is 6.12. The highest BCUT2D eigenvalue weighted by Gasteiger charge is 2.08. The molecule has 96 valence electrons. The normalized spacial score (nSPS) is 11.1. The summed E-state index contributed by atoms with van der Waals surface area (Å²) >= 11 is 0. The molecule has 2 aromatic rings. The molecule has 0 amide bonds. The molecule has 0 aliphatic rings. The van der Waals surface area contributed by atoms with Gasteiger partial charge in [-0.2, -0.15) is 0 Å². The van der Waals surface area contributed by atoms with Crippen molar-refractivity contribution in [2.24, 2.45) is 7.05 Å². The highest BCUT2D eigenvalue weighted by molar-refractivity contribution is 5.10. The number of pyridine rings is 1. The summed E-state index contributed by atoms with van der Waals surface area (Å²) in [5.74, 6) is 0. The van der Waals surface area contributed by atoms with Crippen LogP contribution in [0.1, 0.15) is 11.3 Å². The van der Waals surface area contributed by atoms with E-state index in [9.17, 15) is 0 Å². The number of aryl methyl sites for hydroxylation is 1. The molecular formula is C14H19N3O. The highest BCUT2D eigenvalue weighted by atomic mass is 16.3. The van der Waals surface area contributed by atoms with E-state index >= 15 is 0 Å². The van der Waals surface area contributed by atoms with Crippen LogP contribution in [0.3, 0.4) is 0 Å². The minimum absolute atomic E-state index is 0.171. The summed E-state index contributed by atoms with van der Waals surface area (Å²) in [7, 11) is 2.04. The third-order valence-electron chi connectivity index (χ3n) is 2.98. The zero-order chi connectivity index (χ0) is 12.8. The Hall–Kier alpha value is -1.65. The van der Waals surface area contributed by atoms with Crippen molar-refractivity contribution in [1.82, 2.24) is 14.5 Å². The maximum Gasteiger partial charge on any atom is 0.0558 e. The van der Waals surface area contributed by atoms with Crippen LogP contribution in [0.4, 0.5) is 0 Å². The van der Waals surface area contributed by atoms with Crippen LogP contribution in [0, 0.1) is 0 Å². The van der Waals surface area contributed by atoms with E-state index < -0.39 is 0 Å². The van der Waals surface area contributed by atoms with Gasteiger partial charge < -0.3 is 9.67 Å². The zero-order valence-electron chi connectivity index (χ0n) is 10.7. The molecule has 0 unspecified atom stereocenters. The molecule has 2 heterocycles. The maximum absolute atomic E-state index is 9.15. The fourth-order valence-electron chi connectivity index (χ4n) is 2.00. The molecule has 2 rings (SSSR count). The average Bonchev–Trinajstić information content (AvgIpc) is 2.77. The molecule has 1 N–H and O–H groups in total. The van der Waals surface area contributed by atoms with Crippen molar-refractivity contribution in [1.29, 1.82) is 0 Å². The Morgan fingerprint density at radius 2 is 2.17 bits per heavy atom. The van der Waals surface area contributed by atoms with E-state index in [1.54, 1.807) is 6.20 Å². The Morgan fingerprint density at radius 1 is 1.28 bits per heavy atom. The largest absolute Gasteiger partial charge is 0.395 e. The van der Waals surface area contributed by atoms with E-state index in [1.165, 1.54) is 11.3 Å². The smallest absolute Gasteiger partial charge is 0.0558 e. The number of aliphatic hydroxyl groups excluding tert-OH is 1. The van der Waals surface area contributed by atoms with Crippen LogP contribution >= 0.6 is 0 Å². The second-order valence-electron chi connectivity index (χ2n) is 4.41. The molecule has 0 atom stereocenters. The topological polar surface area (TPSA) is 41.3 Å². The Morgan fingerprint density at radius 3 is 2.78 bits per heavy atom. The van der Waals surface area contributed by atoms with E-state index in [0.29, 0.717) is 6.54 Å². The lowest BCUT2D eigenvalue weighted by atomic mass is 10.2. The second kappa shape index (κ2) is 6.33. The number of aromatic nitrogens is 2. The molecule has 0 aliphatic carbocycles. The summed E-state index contributed by atoms with van der Waals surface area (Å²) in [4.78, 5) is 6.33. The van der Waals surface area contributed by atoms with Crippen LogP contribution in [0.15, 0.2) is 42.9 Å². The SMILES string of the molecule is Cn1cccc1CN(CCO)Cc1cccnc1. The number of hydrogen-bond donors (Lipinski definition) is 1. The van der Waals surface area contributed by atoms with Crippen molar-refractivity contribution < 1.29 is 5.11 Å². The predicted molar refractivity (Wildman–Crippen MR) is 70.8 cm³/mol. The van der Waals surface area contributed by atoms with Gasteiger partial charge in [0.05, 0.1) is 6.61 Å². The third kappa shape index (κ3) is 3.42. The van der Waals surface area contributed by atoms with Crippen molar-refractivity contribution >= 4 is 0 Å². The van der Waals surface area contributed by atoms with E-state index in [0.717, 1.165) is 13.1 Å². The van der Waals surface area contributed by atoms with E-state index in [4.69, 9.17) is 5.11 Å². The van der Waals surface area contributed by atoms with Gasteiger partial charge in [0.15, 0.2) is 0 Å². The molecule has 2 aromatic heterocycles. The van der Waals surface area contributed by atoms with Gasteiger partial charge in [0.2, 0.25) is 0 Å². The molecule has 18 heavy (non-hydrogen) atoms. The second-order valence-corrected chi connectivity index (χ2v) is 4.41. The summed E-state index contributed by atoms with van der Waals surface area (Å²) < 4.78 is 2.10. The molecule has 0 aliphatic heterocycles. The van der Waals surface area contributed by atoms with Gasteiger partial charge in [0.25, 0.3) is 0 Å². The van der Waals surface area contributed by atoms with Gasteiger partial charge in [0, 0.05) is 51.0 Å². The van der Waals surface area contributed by atoms with Gasteiger partial charge in [-0.3, -0.25) is 9.88 Å². The predicted octanol–water partition coefficient (Wildman–Crippen LogP) is 1.41. The standard InChI is InChI=1S/C14H19N3O/c1-16-7-3-5-14(16)12-17(8-9-18)11-13-4-2-6-15-10-13/h2-7,10,18H,8-9,11-12H2,1H3. The van der Waals surface area contributed by atoms with Crippen molar-refractivity contribution in [3.05, 3.63) is 54.1 Å². The Bertz CT molecular complexity index is 467. The average molecular weight is 245 g/mol. The molecule has 4 heteroatoms. The van der Waals surface area contributed by atoms with Crippen LogP contribution < -0.4 is 0 Å². The lowest BCUT2D eigenvalue weighted by Crippen LogP contribution is -2.27. The van der Waals surface area contributed by atoms with E-state index in [-0.39, 0.29) is 6.61 Å². The summed E-state index contributed by atoms with van der Waals surface area (Å²) in [6, 6.07) is 8.14. The summed E-state index contributed by atoms with van der Waals surface area (Å²) in [6.45, 7) is 2.48. The van der Waals surface area contributed by atoms with Crippen molar-refractivity contribution in [3.63, 3.8) is 0 Å². The minimum atomic E-state index is 0.171. The first-order valence-electron chi connectivity index (χ1n) is 6.12. The quantitative estimate of drug-likeness (QED) is 0.836. The highest BCUT2D eigenvalue weighted by Crippen LogP contribution is 2.09. The van der Waals surface area contributed by atoms with Gasteiger partial charge >= 0.3 is 0 Å². The van der Waals surface area contributed by atoms with E-state index in [2.05, 4.69) is 26.6 Å². The van der Waals surface area contributed by atoms with Crippen LogP contribution in [0.25, 0.3) is 0 Å². The molecule has 0 fully saturated rings. The first kappa shape index (κ1) is 12.8. The molecule has 0 saturated carbocycles. The molecule has 0 saturated heterocycles. The van der Waals surface area contributed by atoms with E-state index in [1.807, 2.05) is 31.6 Å². The molecular weight excluding hydrogens is 226 g/mol.